The Morgan fingerprint density at radius 3 is 2.33 bits per heavy atom. The topological polar surface area (TPSA) is 48.1 Å². The van der Waals surface area contributed by atoms with E-state index in [1.807, 2.05) is 32.3 Å². The third-order valence-corrected chi connectivity index (χ3v) is 7.05. The highest BCUT2D eigenvalue weighted by molar-refractivity contribution is 5.74. The average Bonchev–Trinajstić information content (AvgIpc) is 2.92. The number of halogens is 3. The minimum absolute atomic E-state index is 0.346. The van der Waals surface area contributed by atoms with Gasteiger partial charge in [-0.25, -0.2) is 23.6 Å². The van der Waals surface area contributed by atoms with Crippen LogP contribution in [-0.4, -0.2) is 56.5 Å². The van der Waals surface area contributed by atoms with Crippen LogP contribution in [0.1, 0.15) is 35.4 Å². The molecule has 3 aromatic carbocycles. The fourth-order valence-electron chi connectivity index (χ4n) is 4.83. The molecule has 9 heteroatoms. The minimum atomic E-state index is -1.25. The zero-order chi connectivity index (χ0) is 27.9. The maximum atomic E-state index is 13.9. The smallest absolute Gasteiger partial charge is 0.228 e. The van der Waals surface area contributed by atoms with Crippen molar-refractivity contribution in [1.82, 2.24) is 15.2 Å². The van der Waals surface area contributed by atoms with Gasteiger partial charge in [-0.2, -0.15) is 0 Å². The van der Waals surface area contributed by atoms with Crippen molar-refractivity contribution in [3.63, 3.8) is 0 Å². The first-order chi connectivity index (χ1) is 18.7. The van der Waals surface area contributed by atoms with Crippen molar-refractivity contribution in [1.29, 1.82) is 0 Å². The van der Waals surface area contributed by atoms with E-state index in [0.29, 0.717) is 30.3 Å². The third kappa shape index (κ3) is 7.59. The van der Waals surface area contributed by atoms with Crippen LogP contribution in [0.4, 0.5) is 18.9 Å². The number of rotatable bonds is 11. The highest BCUT2D eigenvalue weighted by atomic mass is 19.2. The van der Waals surface area contributed by atoms with Crippen molar-refractivity contribution in [3.8, 4) is 11.5 Å². The molecule has 1 amide bonds. The van der Waals surface area contributed by atoms with Gasteiger partial charge in [-0.3, -0.25) is 9.69 Å². The lowest BCUT2D eigenvalue weighted by Gasteiger charge is -2.33. The third-order valence-electron chi connectivity index (χ3n) is 7.05. The Hall–Kier alpha value is -3.40. The van der Waals surface area contributed by atoms with Gasteiger partial charge in [-0.05, 0) is 93.8 Å². The molecule has 3 aromatic rings. The van der Waals surface area contributed by atoms with Crippen molar-refractivity contribution in [2.24, 2.45) is 0 Å². The second-order valence-corrected chi connectivity index (χ2v) is 10.2. The number of carbonyl (C=O) groups is 1. The highest BCUT2D eigenvalue weighted by Gasteiger charge is 2.23. The molecule has 0 atom stereocenters. The lowest BCUT2D eigenvalue weighted by Crippen LogP contribution is -2.40. The Morgan fingerprint density at radius 1 is 0.974 bits per heavy atom. The molecule has 1 aliphatic heterocycles. The van der Waals surface area contributed by atoms with Crippen LogP contribution in [-0.2, 0) is 11.3 Å². The molecule has 6 nitrogen and oxygen atoms in total. The molecule has 0 saturated carbocycles. The van der Waals surface area contributed by atoms with Crippen molar-refractivity contribution in [2.75, 3.05) is 45.3 Å². The summed E-state index contributed by atoms with van der Waals surface area (Å²) < 4.78 is 45.9. The highest BCUT2D eigenvalue weighted by Crippen LogP contribution is 2.33. The largest absolute Gasteiger partial charge is 0.454 e. The maximum absolute atomic E-state index is 13.9. The SMILES string of the molecule is Cc1ccc(N(C=O)NCCN(C)C)cc1C1CCN(Cc2ccc(Oc3cc(F)c(F)cc3F)cc2)CC1. The molecule has 208 valence electrons. The molecular weight excluding hydrogens is 505 g/mol. The number of benzene rings is 3. The number of anilines is 1. The number of hydrazine groups is 1. The van der Waals surface area contributed by atoms with E-state index >= 15 is 0 Å². The molecule has 0 unspecified atom stereocenters. The molecule has 0 bridgehead atoms. The van der Waals surface area contributed by atoms with Crippen LogP contribution >= 0.6 is 0 Å². The van der Waals surface area contributed by atoms with Gasteiger partial charge in [0.2, 0.25) is 6.41 Å². The number of hydrogen-bond donors (Lipinski definition) is 1. The van der Waals surface area contributed by atoms with Gasteiger partial charge in [0.05, 0.1) is 5.69 Å². The molecule has 1 aliphatic rings. The fourth-order valence-corrected chi connectivity index (χ4v) is 4.83. The summed E-state index contributed by atoms with van der Waals surface area (Å²) in [5.74, 6) is -2.97. The predicted octanol–water partition coefficient (Wildman–Crippen LogP) is 5.61. The minimum Gasteiger partial charge on any atom is -0.454 e. The summed E-state index contributed by atoms with van der Waals surface area (Å²) >= 11 is 0. The maximum Gasteiger partial charge on any atom is 0.228 e. The number of aryl methyl sites for hydroxylation is 1. The van der Waals surface area contributed by atoms with E-state index in [2.05, 4.69) is 34.3 Å². The van der Waals surface area contributed by atoms with E-state index in [1.54, 1.807) is 17.1 Å². The molecule has 1 fully saturated rings. The van der Waals surface area contributed by atoms with Gasteiger partial charge < -0.3 is 9.64 Å². The Balaban J connectivity index is 1.32. The van der Waals surface area contributed by atoms with E-state index in [1.165, 1.54) is 11.1 Å². The van der Waals surface area contributed by atoms with Crippen molar-refractivity contribution >= 4 is 12.1 Å². The van der Waals surface area contributed by atoms with Gasteiger partial charge in [0.15, 0.2) is 23.2 Å². The molecule has 4 rings (SSSR count). The first-order valence-corrected chi connectivity index (χ1v) is 13.1. The first-order valence-electron chi connectivity index (χ1n) is 13.1. The Morgan fingerprint density at radius 2 is 1.67 bits per heavy atom. The molecule has 0 spiro atoms. The van der Waals surface area contributed by atoms with Crippen LogP contribution in [0.25, 0.3) is 0 Å². The Bertz CT molecular complexity index is 1260. The molecule has 0 radical (unpaired) electrons. The lowest BCUT2D eigenvalue weighted by molar-refractivity contribution is -0.108. The second kappa shape index (κ2) is 13.1. The predicted molar refractivity (Wildman–Crippen MR) is 146 cm³/mol. The number of likely N-dealkylation sites (N-methyl/N-ethyl adjacent to an activating group) is 1. The average molecular weight is 541 g/mol. The quantitative estimate of drug-likeness (QED) is 0.195. The zero-order valence-electron chi connectivity index (χ0n) is 22.6. The normalized spacial score (nSPS) is 14.5. The molecule has 39 heavy (non-hydrogen) atoms. The molecule has 1 N–H and O–H groups in total. The molecule has 0 aromatic heterocycles. The summed E-state index contributed by atoms with van der Waals surface area (Å²) in [5.41, 5.74) is 7.61. The van der Waals surface area contributed by atoms with E-state index in [4.69, 9.17) is 4.74 Å². The number of piperidine rings is 1. The number of likely N-dealkylation sites (tertiary alicyclic amines) is 1. The number of carbonyl (C=O) groups excluding carboxylic acids is 1. The van der Waals surface area contributed by atoms with Crippen LogP contribution in [0.2, 0.25) is 0 Å². The zero-order valence-corrected chi connectivity index (χ0v) is 22.6. The second-order valence-electron chi connectivity index (χ2n) is 10.2. The van der Waals surface area contributed by atoms with Crippen LogP contribution in [0, 0.1) is 24.4 Å². The van der Waals surface area contributed by atoms with Gasteiger partial charge >= 0.3 is 0 Å². The number of amides is 1. The lowest BCUT2D eigenvalue weighted by atomic mass is 9.86. The van der Waals surface area contributed by atoms with E-state index in [9.17, 15) is 18.0 Å². The monoisotopic (exact) mass is 540 g/mol. The van der Waals surface area contributed by atoms with Crippen LogP contribution in [0.5, 0.6) is 11.5 Å². The summed E-state index contributed by atoms with van der Waals surface area (Å²) in [6.45, 7) is 6.24. The fraction of sp³-hybridized carbons (Fsp3) is 0.367. The van der Waals surface area contributed by atoms with Crippen molar-refractivity contribution in [3.05, 3.63) is 88.7 Å². The van der Waals surface area contributed by atoms with E-state index in [-0.39, 0.29) is 5.75 Å². The van der Waals surface area contributed by atoms with Gasteiger partial charge in [-0.15, -0.1) is 0 Å². The van der Waals surface area contributed by atoms with Crippen LogP contribution < -0.4 is 15.2 Å². The van der Waals surface area contributed by atoms with Gasteiger partial charge in [0.1, 0.15) is 5.75 Å². The Labute approximate surface area is 227 Å². The number of nitrogens with zero attached hydrogens (tertiary/aromatic N) is 3. The van der Waals surface area contributed by atoms with Gasteiger partial charge in [0, 0.05) is 31.8 Å². The van der Waals surface area contributed by atoms with Crippen molar-refractivity contribution < 1.29 is 22.7 Å². The van der Waals surface area contributed by atoms with E-state index < -0.39 is 17.5 Å². The summed E-state index contributed by atoms with van der Waals surface area (Å²) in [7, 11) is 3.99. The number of nitrogens with one attached hydrogen (secondary N) is 1. The molecule has 1 saturated heterocycles. The summed E-state index contributed by atoms with van der Waals surface area (Å²) in [5, 5.41) is 1.55. The molecule has 1 heterocycles. The van der Waals surface area contributed by atoms with E-state index in [0.717, 1.165) is 56.7 Å². The summed E-state index contributed by atoms with van der Waals surface area (Å²) in [6, 6.07) is 14.5. The Kier molecular flexibility index (Phi) is 9.61. The molecular formula is C30H35F3N4O2. The molecule has 0 aliphatic carbocycles. The summed E-state index contributed by atoms with van der Waals surface area (Å²) in [4.78, 5) is 16.2. The standard InChI is InChI=1S/C30H35F3N4O2/c1-21-4-7-24(37(20-38)34-12-15-35(2)3)16-26(21)23-10-13-36(14-11-23)19-22-5-8-25(9-6-22)39-30-18-28(32)27(31)17-29(30)33/h4-9,16-18,20,23,34H,10-15,19H2,1-3H3. The van der Waals surface area contributed by atoms with Gasteiger partial charge in [0.25, 0.3) is 0 Å². The van der Waals surface area contributed by atoms with Crippen LogP contribution in [0.3, 0.4) is 0 Å². The first kappa shape index (κ1) is 28.6. The van der Waals surface area contributed by atoms with Crippen LogP contribution in [0.15, 0.2) is 54.6 Å². The number of ether oxygens (including phenoxy) is 1. The van der Waals surface area contributed by atoms with Gasteiger partial charge in [-0.1, -0.05) is 18.2 Å². The summed E-state index contributed by atoms with van der Waals surface area (Å²) in [6.07, 6.45) is 2.84. The van der Waals surface area contributed by atoms with Crippen molar-refractivity contribution in [2.45, 2.75) is 32.2 Å². The number of hydrogen-bond acceptors (Lipinski definition) is 5.